The molecular formula is C15H14N2O2. The third-order valence-corrected chi connectivity index (χ3v) is 3.47. The Morgan fingerprint density at radius 2 is 2.16 bits per heavy atom. The number of benzene rings is 1. The van der Waals surface area contributed by atoms with Crippen LogP contribution in [-0.4, -0.2) is 22.5 Å². The number of aromatic nitrogens is 1. The van der Waals surface area contributed by atoms with Gasteiger partial charge in [-0.15, -0.1) is 0 Å². The standard InChI is InChI=1S/C15H14N2O2/c18-13-6-3-7-16-14(13)15(19)17-9-11-8-10-4-1-2-5-12(10)11/h1-7,11,18H,8-9H2,(H,17,19). The summed E-state index contributed by atoms with van der Waals surface area (Å²) < 4.78 is 0. The molecule has 0 spiro atoms. The van der Waals surface area contributed by atoms with Crippen molar-refractivity contribution in [3.05, 3.63) is 59.4 Å². The van der Waals surface area contributed by atoms with Gasteiger partial charge in [-0.05, 0) is 29.7 Å². The molecule has 4 nitrogen and oxygen atoms in total. The Morgan fingerprint density at radius 3 is 2.95 bits per heavy atom. The number of carbonyl (C=O) groups is 1. The predicted molar refractivity (Wildman–Crippen MR) is 71.1 cm³/mol. The Hall–Kier alpha value is -2.36. The Kier molecular flexibility index (Phi) is 2.91. The minimum Gasteiger partial charge on any atom is -0.505 e. The molecule has 2 N–H and O–H groups in total. The number of nitrogens with one attached hydrogen (secondary N) is 1. The second kappa shape index (κ2) is 4.72. The van der Waals surface area contributed by atoms with Gasteiger partial charge in [0, 0.05) is 18.7 Å². The summed E-state index contributed by atoms with van der Waals surface area (Å²) in [4.78, 5) is 15.8. The Morgan fingerprint density at radius 1 is 1.32 bits per heavy atom. The molecule has 0 saturated heterocycles. The monoisotopic (exact) mass is 254 g/mol. The maximum atomic E-state index is 11.9. The summed E-state index contributed by atoms with van der Waals surface area (Å²) in [5.41, 5.74) is 2.73. The highest BCUT2D eigenvalue weighted by Gasteiger charge is 2.26. The molecule has 1 unspecified atom stereocenters. The molecule has 0 saturated carbocycles. The normalized spacial score (nSPS) is 16.3. The average Bonchev–Trinajstić information content (AvgIpc) is 2.40. The smallest absolute Gasteiger partial charge is 0.273 e. The van der Waals surface area contributed by atoms with Crippen molar-refractivity contribution in [2.24, 2.45) is 0 Å². The second-order valence-corrected chi connectivity index (χ2v) is 4.68. The van der Waals surface area contributed by atoms with Gasteiger partial charge in [0.1, 0.15) is 5.75 Å². The van der Waals surface area contributed by atoms with Crippen molar-refractivity contribution in [1.82, 2.24) is 10.3 Å². The minimum atomic E-state index is -0.331. The van der Waals surface area contributed by atoms with Gasteiger partial charge >= 0.3 is 0 Å². The van der Waals surface area contributed by atoms with Gasteiger partial charge in [0.2, 0.25) is 0 Å². The molecule has 0 bridgehead atoms. The van der Waals surface area contributed by atoms with E-state index in [9.17, 15) is 9.90 Å². The fraction of sp³-hybridized carbons (Fsp3) is 0.200. The lowest BCUT2D eigenvalue weighted by Crippen LogP contribution is -2.33. The van der Waals surface area contributed by atoms with E-state index in [1.54, 1.807) is 6.07 Å². The summed E-state index contributed by atoms with van der Waals surface area (Å²) in [6.07, 6.45) is 2.48. The number of fused-ring (bicyclic) bond motifs is 1. The number of aromatic hydroxyl groups is 1. The van der Waals surface area contributed by atoms with Gasteiger partial charge in [-0.2, -0.15) is 0 Å². The number of nitrogens with zero attached hydrogens (tertiary/aromatic N) is 1. The fourth-order valence-corrected chi connectivity index (χ4v) is 2.42. The molecule has 1 aromatic heterocycles. The van der Waals surface area contributed by atoms with E-state index in [0.717, 1.165) is 6.42 Å². The molecule has 1 atom stereocenters. The molecule has 0 aliphatic heterocycles. The number of pyridine rings is 1. The molecule has 2 aromatic rings. The molecule has 1 aliphatic rings. The molecule has 1 aromatic carbocycles. The van der Waals surface area contributed by atoms with E-state index in [0.29, 0.717) is 12.5 Å². The minimum absolute atomic E-state index is 0.0788. The third-order valence-electron chi connectivity index (χ3n) is 3.47. The summed E-state index contributed by atoms with van der Waals surface area (Å²) in [7, 11) is 0. The molecule has 3 rings (SSSR count). The maximum Gasteiger partial charge on any atom is 0.273 e. The van der Waals surface area contributed by atoms with Crippen molar-refractivity contribution in [3.8, 4) is 5.75 Å². The fourth-order valence-electron chi connectivity index (χ4n) is 2.42. The third kappa shape index (κ3) is 2.17. The molecule has 0 fully saturated rings. The molecule has 0 radical (unpaired) electrons. The quantitative estimate of drug-likeness (QED) is 0.878. The largest absolute Gasteiger partial charge is 0.505 e. The van der Waals surface area contributed by atoms with Crippen LogP contribution < -0.4 is 5.32 Å². The average molecular weight is 254 g/mol. The van der Waals surface area contributed by atoms with Crippen LogP contribution in [0.2, 0.25) is 0 Å². The van der Waals surface area contributed by atoms with Crippen molar-refractivity contribution in [1.29, 1.82) is 0 Å². The van der Waals surface area contributed by atoms with E-state index in [4.69, 9.17) is 0 Å². The highest BCUT2D eigenvalue weighted by atomic mass is 16.3. The van der Waals surface area contributed by atoms with Crippen LogP contribution in [0.1, 0.15) is 27.5 Å². The van der Waals surface area contributed by atoms with Crippen LogP contribution in [0.5, 0.6) is 5.75 Å². The van der Waals surface area contributed by atoms with Gasteiger partial charge in [-0.1, -0.05) is 24.3 Å². The van der Waals surface area contributed by atoms with Crippen molar-refractivity contribution >= 4 is 5.91 Å². The summed E-state index contributed by atoms with van der Waals surface area (Å²) >= 11 is 0. The second-order valence-electron chi connectivity index (χ2n) is 4.68. The van der Waals surface area contributed by atoms with Gasteiger partial charge in [-0.3, -0.25) is 4.79 Å². The van der Waals surface area contributed by atoms with Crippen LogP contribution >= 0.6 is 0 Å². The zero-order valence-electron chi connectivity index (χ0n) is 10.3. The Balaban J connectivity index is 1.63. The van der Waals surface area contributed by atoms with Crippen molar-refractivity contribution in [2.75, 3.05) is 6.54 Å². The molecular weight excluding hydrogens is 240 g/mol. The number of amides is 1. The lowest BCUT2D eigenvalue weighted by Gasteiger charge is -2.30. The molecule has 1 aliphatic carbocycles. The first-order chi connectivity index (χ1) is 9.25. The molecule has 1 amide bonds. The highest BCUT2D eigenvalue weighted by molar-refractivity contribution is 5.94. The lowest BCUT2D eigenvalue weighted by molar-refractivity contribution is 0.0942. The van der Waals surface area contributed by atoms with Gasteiger partial charge in [0.25, 0.3) is 5.91 Å². The first-order valence-corrected chi connectivity index (χ1v) is 6.25. The number of carbonyl (C=O) groups excluding carboxylic acids is 1. The van der Waals surface area contributed by atoms with Gasteiger partial charge in [0.15, 0.2) is 5.69 Å². The maximum absolute atomic E-state index is 11.9. The summed E-state index contributed by atoms with van der Waals surface area (Å²) in [5.74, 6) is -0.0532. The van der Waals surface area contributed by atoms with Crippen LogP contribution in [0.25, 0.3) is 0 Å². The lowest BCUT2D eigenvalue weighted by atomic mass is 9.77. The summed E-state index contributed by atoms with van der Waals surface area (Å²) in [5, 5.41) is 12.4. The van der Waals surface area contributed by atoms with Gasteiger partial charge < -0.3 is 10.4 Å². The van der Waals surface area contributed by atoms with E-state index in [2.05, 4.69) is 22.4 Å². The van der Waals surface area contributed by atoms with E-state index in [1.807, 2.05) is 12.1 Å². The van der Waals surface area contributed by atoms with Gasteiger partial charge in [-0.25, -0.2) is 4.98 Å². The number of hydrogen-bond donors (Lipinski definition) is 2. The van der Waals surface area contributed by atoms with Crippen molar-refractivity contribution in [3.63, 3.8) is 0 Å². The molecule has 19 heavy (non-hydrogen) atoms. The SMILES string of the molecule is O=C(NCC1Cc2ccccc21)c1ncccc1O. The van der Waals surface area contributed by atoms with Crippen LogP contribution in [0.4, 0.5) is 0 Å². The van der Waals surface area contributed by atoms with Crippen LogP contribution in [-0.2, 0) is 6.42 Å². The topological polar surface area (TPSA) is 62.2 Å². The summed E-state index contributed by atoms with van der Waals surface area (Å²) in [6, 6.07) is 11.3. The first-order valence-electron chi connectivity index (χ1n) is 6.25. The zero-order valence-corrected chi connectivity index (χ0v) is 10.3. The number of rotatable bonds is 3. The highest BCUT2D eigenvalue weighted by Crippen LogP contribution is 2.34. The van der Waals surface area contributed by atoms with Crippen LogP contribution in [0.15, 0.2) is 42.6 Å². The molecule has 4 heteroatoms. The molecule has 96 valence electrons. The van der Waals surface area contributed by atoms with Crippen LogP contribution in [0, 0.1) is 0 Å². The first kappa shape index (κ1) is 11.7. The van der Waals surface area contributed by atoms with E-state index in [-0.39, 0.29) is 17.4 Å². The van der Waals surface area contributed by atoms with Crippen LogP contribution in [0.3, 0.4) is 0 Å². The van der Waals surface area contributed by atoms with E-state index in [1.165, 1.54) is 23.4 Å². The van der Waals surface area contributed by atoms with E-state index < -0.39 is 0 Å². The Labute approximate surface area is 111 Å². The van der Waals surface area contributed by atoms with Crippen molar-refractivity contribution < 1.29 is 9.90 Å². The van der Waals surface area contributed by atoms with Gasteiger partial charge in [0.05, 0.1) is 0 Å². The molecule has 1 heterocycles. The Bertz CT molecular complexity index is 625. The number of hydrogen-bond acceptors (Lipinski definition) is 3. The predicted octanol–water partition coefficient (Wildman–Crippen LogP) is 1.86. The van der Waals surface area contributed by atoms with Crippen molar-refractivity contribution in [2.45, 2.75) is 12.3 Å². The summed E-state index contributed by atoms with van der Waals surface area (Å²) in [6.45, 7) is 0.575. The van der Waals surface area contributed by atoms with E-state index >= 15 is 0 Å². The zero-order chi connectivity index (χ0) is 13.2.